The smallest absolute Gasteiger partial charge is 0.340 e. The molecule has 0 fully saturated rings. The summed E-state index contributed by atoms with van der Waals surface area (Å²) in [5.41, 5.74) is 0.934. The van der Waals surface area contributed by atoms with Gasteiger partial charge in [0.1, 0.15) is 0 Å². The molecule has 0 radical (unpaired) electrons. The van der Waals surface area contributed by atoms with E-state index in [1.807, 2.05) is 0 Å². The summed E-state index contributed by atoms with van der Waals surface area (Å²) >= 11 is 5.82. The van der Waals surface area contributed by atoms with Crippen LogP contribution in [0.4, 0.5) is 5.69 Å². The Morgan fingerprint density at radius 1 is 0.742 bits per heavy atom. The summed E-state index contributed by atoms with van der Waals surface area (Å²) in [6.45, 7) is -0.656. The maximum absolute atomic E-state index is 12.4. The van der Waals surface area contributed by atoms with Gasteiger partial charge in [-0.05, 0) is 48.5 Å². The summed E-state index contributed by atoms with van der Waals surface area (Å²) in [6, 6.07) is 20.6. The van der Waals surface area contributed by atoms with Crippen LogP contribution < -0.4 is 10.6 Å². The maximum atomic E-state index is 12.4. The van der Waals surface area contributed by atoms with E-state index in [0.29, 0.717) is 16.1 Å². The van der Waals surface area contributed by atoms with E-state index in [4.69, 9.17) is 16.3 Å². The summed E-state index contributed by atoms with van der Waals surface area (Å²) in [7, 11) is 0. The zero-order valence-electron chi connectivity index (χ0n) is 16.1. The van der Waals surface area contributed by atoms with Crippen LogP contribution in [0.15, 0.2) is 78.9 Å². The third kappa shape index (κ3) is 6.01. The van der Waals surface area contributed by atoms with E-state index in [9.17, 15) is 19.2 Å². The second kappa shape index (κ2) is 10.2. The van der Waals surface area contributed by atoms with E-state index in [1.54, 1.807) is 66.7 Å². The average Bonchev–Trinajstić information content (AvgIpc) is 2.79. The van der Waals surface area contributed by atoms with Crippen molar-refractivity contribution in [2.75, 3.05) is 11.9 Å². The third-order valence-corrected chi connectivity index (χ3v) is 4.38. The Morgan fingerprint density at radius 3 is 2.06 bits per heavy atom. The lowest BCUT2D eigenvalue weighted by Gasteiger charge is -2.11. The lowest BCUT2D eigenvalue weighted by Crippen LogP contribution is -2.34. The second-order valence-corrected chi connectivity index (χ2v) is 6.76. The fourth-order valence-corrected chi connectivity index (χ4v) is 2.73. The predicted molar refractivity (Wildman–Crippen MR) is 115 cm³/mol. The highest BCUT2D eigenvalue weighted by molar-refractivity contribution is 6.30. The number of esters is 1. The molecule has 0 aromatic heterocycles. The Balaban J connectivity index is 1.60. The first-order valence-corrected chi connectivity index (χ1v) is 9.54. The monoisotopic (exact) mass is 436 g/mol. The van der Waals surface area contributed by atoms with Crippen LogP contribution in [0.5, 0.6) is 0 Å². The van der Waals surface area contributed by atoms with Gasteiger partial charge in [-0.3, -0.25) is 19.7 Å². The van der Waals surface area contributed by atoms with E-state index >= 15 is 0 Å². The van der Waals surface area contributed by atoms with Crippen LogP contribution >= 0.6 is 11.6 Å². The van der Waals surface area contributed by atoms with Crippen molar-refractivity contribution in [1.29, 1.82) is 0 Å². The molecule has 0 heterocycles. The first kappa shape index (κ1) is 21.7. The molecule has 8 heteroatoms. The zero-order chi connectivity index (χ0) is 22.2. The maximum Gasteiger partial charge on any atom is 0.340 e. The normalized spacial score (nSPS) is 10.1. The molecule has 3 aromatic carbocycles. The van der Waals surface area contributed by atoms with Crippen molar-refractivity contribution in [2.24, 2.45) is 0 Å². The number of hydrogen-bond acceptors (Lipinski definition) is 5. The Bertz CT molecular complexity index is 1110. The fraction of sp³-hybridized carbons (Fsp3) is 0.0435. The van der Waals surface area contributed by atoms with Crippen LogP contribution in [0.3, 0.4) is 0 Å². The Kier molecular flexibility index (Phi) is 7.13. The molecule has 0 unspecified atom stereocenters. The number of nitrogens with one attached hydrogen (secondary N) is 2. The number of imide groups is 1. The number of para-hydroxylation sites is 1. The quantitative estimate of drug-likeness (QED) is 0.573. The molecule has 3 rings (SSSR count). The molecule has 0 aliphatic heterocycles. The Hall–Kier alpha value is -3.97. The first-order valence-electron chi connectivity index (χ1n) is 9.16. The summed E-state index contributed by atoms with van der Waals surface area (Å²) in [4.78, 5) is 48.8. The SMILES string of the molecule is O=C(COC(=O)c1ccccc1NC(=O)c1ccc(Cl)cc1)NC(=O)c1ccccc1. The van der Waals surface area contributed by atoms with Crippen molar-refractivity contribution >= 4 is 41.0 Å². The van der Waals surface area contributed by atoms with Gasteiger partial charge in [0.25, 0.3) is 17.7 Å². The molecule has 0 spiro atoms. The van der Waals surface area contributed by atoms with Gasteiger partial charge in [0, 0.05) is 16.1 Å². The van der Waals surface area contributed by atoms with Gasteiger partial charge in [-0.1, -0.05) is 41.9 Å². The third-order valence-electron chi connectivity index (χ3n) is 4.12. The van der Waals surface area contributed by atoms with Gasteiger partial charge in [-0.15, -0.1) is 0 Å². The van der Waals surface area contributed by atoms with Crippen LogP contribution in [0.25, 0.3) is 0 Å². The summed E-state index contributed by atoms with van der Waals surface area (Å²) < 4.78 is 5.00. The highest BCUT2D eigenvalue weighted by atomic mass is 35.5. The number of amides is 3. The molecule has 0 saturated heterocycles. The number of hydrogen-bond donors (Lipinski definition) is 2. The standard InChI is InChI=1S/C23H17ClN2O5/c24-17-12-10-16(11-13-17)21(28)25-19-9-5-4-8-18(19)23(30)31-14-20(27)26-22(29)15-6-2-1-3-7-15/h1-13H,14H2,(H,25,28)(H,26,27,29). The topological polar surface area (TPSA) is 102 Å². The van der Waals surface area contributed by atoms with Crippen molar-refractivity contribution in [3.05, 3.63) is 101 Å². The van der Waals surface area contributed by atoms with Gasteiger partial charge in [-0.2, -0.15) is 0 Å². The highest BCUT2D eigenvalue weighted by Gasteiger charge is 2.17. The molecule has 0 saturated carbocycles. The van der Waals surface area contributed by atoms with Gasteiger partial charge in [0.2, 0.25) is 0 Å². The van der Waals surface area contributed by atoms with Crippen LogP contribution in [0, 0.1) is 0 Å². The summed E-state index contributed by atoms with van der Waals surface area (Å²) in [6.07, 6.45) is 0. The predicted octanol–water partition coefficient (Wildman–Crippen LogP) is 3.71. The van der Waals surface area contributed by atoms with Crippen molar-refractivity contribution in [1.82, 2.24) is 5.32 Å². The second-order valence-electron chi connectivity index (χ2n) is 6.33. The van der Waals surface area contributed by atoms with Gasteiger partial charge in [0.05, 0.1) is 11.3 Å². The van der Waals surface area contributed by atoms with Crippen molar-refractivity contribution in [3.8, 4) is 0 Å². The minimum Gasteiger partial charge on any atom is -0.452 e. The van der Waals surface area contributed by atoms with Crippen molar-refractivity contribution < 1.29 is 23.9 Å². The van der Waals surface area contributed by atoms with E-state index in [-0.39, 0.29) is 11.3 Å². The van der Waals surface area contributed by atoms with Gasteiger partial charge < -0.3 is 10.1 Å². The first-order chi connectivity index (χ1) is 14.9. The number of carbonyl (C=O) groups excluding carboxylic acids is 4. The van der Waals surface area contributed by atoms with Crippen LogP contribution in [0.1, 0.15) is 31.1 Å². The molecule has 7 nitrogen and oxygen atoms in total. The molecule has 31 heavy (non-hydrogen) atoms. The molecule has 0 bridgehead atoms. The molecular weight excluding hydrogens is 420 g/mol. The number of halogens is 1. The molecule has 3 aromatic rings. The average molecular weight is 437 g/mol. The fourth-order valence-electron chi connectivity index (χ4n) is 2.60. The minimum atomic E-state index is -0.825. The molecule has 0 aliphatic carbocycles. The Morgan fingerprint density at radius 2 is 1.35 bits per heavy atom. The van der Waals surface area contributed by atoms with Gasteiger partial charge in [0.15, 0.2) is 6.61 Å². The molecule has 3 amide bonds. The minimum absolute atomic E-state index is 0.0620. The largest absolute Gasteiger partial charge is 0.452 e. The molecule has 156 valence electrons. The number of carbonyl (C=O) groups is 4. The van der Waals surface area contributed by atoms with E-state index in [1.165, 1.54) is 12.1 Å². The van der Waals surface area contributed by atoms with E-state index in [0.717, 1.165) is 0 Å². The van der Waals surface area contributed by atoms with Gasteiger partial charge >= 0.3 is 5.97 Å². The van der Waals surface area contributed by atoms with E-state index in [2.05, 4.69) is 10.6 Å². The Labute approximate surface area is 183 Å². The molecule has 2 N–H and O–H groups in total. The van der Waals surface area contributed by atoms with Crippen LogP contribution in [-0.4, -0.2) is 30.3 Å². The number of ether oxygens (including phenoxy) is 1. The van der Waals surface area contributed by atoms with E-state index < -0.39 is 30.3 Å². The number of rotatable bonds is 6. The zero-order valence-corrected chi connectivity index (χ0v) is 16.9. The van der Waals surface area contributed by atoms with Crippen molar-refractivity contribution in [3.63, 3.8) is 0 Å². The van der Waals surface area contributed by atoms with Crippen LogP contribution in [-0.2, 0) is 9.53 Å². The van der Waals surface area contributed by atoms with Crippen LogP contribution in [0.2, 0.25) is 5.02 Å². The lowest BCUT2D eigenvalue weighted by atomic mass is 10.1. The molecule has 0 atom stereocenters. The van der Waals surface area contributed by atoms with Crippen molar-refractivity contribution in [2.45, 2.75) is 0 Å². The summed E-state index contributed by atoms with van der Waals surface area (Å²) in [5.74, 6) is -2.64. The molecule has 0 aliphatic rings. The lowest BCUT2D eigenvalue weighted by molar-refractivity contribution is -0.123. The number of benzene rings is 3. The number of anilines is 1. The molecular formula is C23H17ClN2O5. The summed E-state index contributed by atoms with van der Waals surface area (Å²) in [5, 5.41) is 5.26. The highest BCUT2D eigenvalue weighted by Crippen LogP contribution is 2.18. The van der Waals surface area contributed by atoms with Gasteiger partial charge in [-0.25, -0.2) is 4.79 Å².